The Labute approximate surface area is 82.7 Å². The number of ether oxygens (including phenoxy) is 1. The molecule has 0 fully saturated rings. The molecule has 0 bridgehead atoms. The molecule has 0 saturated heterocycles. The highest BCUT2D eigenvalue weighted by Gasteiger charge is 1.99. The third-order valence-corrected chi connectivity index (χ3v) is 1.35. The van der Waals surface area contributed by atoms with Crippen molar-refractivity contribution in [3.63, 3.8) is 0 Å². The Morgan fingerprint density at radius 1 is 1.50 bits per heavy atom. The molecule has 0 amide bonds. The van der Waals surface area contributed by atoms with Crippen molar-refractivity contribution in [1.29, 1.82) is 0 Å². The average Bonchev–Trinajstić information content (AvgIpc) is 2.11. The first kappa shape index (κ1) is 12.5. The topological polar surface area (TPSA) is 75.6 Å². The molecule has 0 aliphatic rings. The van der Waals surface area contributed by atoms with Gasteiger partial charge in [0.1, 0.15) is 0 Å². The summed E-state index contributed by atoms with van der Waals surface area (Å²) in [6.45, 7) is 2.71. The van der Waals surface area contributed by atoms with Gasteiger partial charge < -0.3 is 15.2 Å². The highest BCUT2D eigenvalue weighted by Crippen LogP contribution is 1.90. The summed E-state index contributed by atoms with van der Waals surface area (Å²) in [7, 11) is 0. The molecular weight excluding hydrogens is 186 g/mol. The van der Waals surface area contributed by atoms with Gasteiger partial charge in [-0.2, -0.15) is 0 Å². The van der Waals surface area contributed by atoms with E-state index in [0.717, 1.165) is 6.08 Å². The van der Waals surface area contributed by atoms with Crippen LogP contribution in [-0.2, 0) is 14.3 Å². The van der Waals surface area contributed by atoms with Crippen molar-refractivity contribution >= 4 is 11.9 Å². The van der Waals surface area contributed by atoms with E-state index >= 15 is 0 Å². The van der Waals surface area contributed by atoms with E-state index in [0.29, 0.717) is 26.0 Å². The second-order valence-electron chi connectivity index (χ2n) is 2.53. The zero-order chi connectivity index (χ0) is 10.8. The summed E-state index contributed by atoms with van der Waals surface area (Å²) in [4.78, 5) is 20.8. The van der Waals surface area contributed by atoms with Crippen LogP contribution in [0.2, 0.25) is 0 Å². The van der Waals surface area contributed by atoms with Crippen molar-refractivity contribution in [2.75, 3.05) is 13.2 Å². The smallest absolute Gasteiger partial charge is 0.329 e. The Balaban J connectivity index is 3.29. The molecule has 0 aromatic rings. The van der Waals surface area contributed by atoms with Gasteiger partial charge in [0, 0.05) is 25.2 Å². The summed E-state index contributed by atoms with van der Waals surface area (Å²) in [6, 6.07) is 0. The molecule has 0 unspecified atom stereocenters. The van der Waals surface area contributed by atoms with Gasteiger partial charge in [0.25, 0.3) is 0 Å². The van der Waals surface area contributed by atoms with Crippen LogP contribution >= 0.6 is 0 Å². The van der Waals surface area contributed by atoms with E-state index in [1.165, 1.54) is 6.20 Å². The largest absolute Gasteiger partial charge is 0.478 e. The van der Waals surface area contributed by atoms with Gasteiger partial charge in [-0.1, -0.05) is 0 Å². The first-order chi connectivity index (χ1) is 6.66. The average molecular weight is 201 g/mol. The summed E-state index contributed by atoms with van der Waals surface area (Å²) in [5.74, 6) is -1.22. The molecule has 80 valence electrons. The molecule has 0 radical (unpaired) electrons. The van der Waals surface area contributed by atoms with Gasteiger partial charge in [-0.05, 0) is 13.3 Å². The van der Waals surface area contributed by atoms with Crippen LogP contribution in [0.3, 0.4) is 0 Å². The predicted molar refractivity (Wildman–Crippen MR) is 50.6 cm³/mol. The minimum Gasteiger partial charge on any atom is -0.478 e. The fraction of sp³-hybridized carbons (Fsp3) is 0.556. The molecule has 2 N–H and O–H groups in total. The number of carboxylic acid groups (broad SMARTS) is 1. The molecule has 0 aromatic heterocycles. The van der Waals surface area contributed by atoms with Crippen LogP contribution in [0.1, 0.15) is 19.8 Å². The summed E-state index contributed by atoms with van der Waals surface area (Å²) < 4.78 is 4.71. The van der Waals surface area contributed by atoms with E-state index in [-0.39, 0.29) is 5.97 Å². The molecule has 0 rings (SSSR count). The van der Waals surface area contributed by atoms with Gasteiger partial charge in [0.2, 0.25) is 0 Å². The van der Waals surface area contributed by atoms with Crippen LogP contribution in [0.5, 0.6) is 0 Å². The predicted octanol–water partition coefficient (Wildman–Crippen LogP) is 0.518. The van der Waals surface area contributed by atoms with Crippen molar-refractivity contribution in [2.24, 2.45) is 0 Å². The standard InChI is InChI=1S/C9H15NO4/c1-2-14-9(13)4-3-6-10-7-5-8(11)12/h5,7,10H,2-4,6H2,1H3,(H,11,12)/b7-5+. The minimum absolute atomic E-state index is 0.225. The molecule has 0 aliphatic carbocycles. The van der Waals surface area contributed by atoms with Gasteiger partial charge in [0.05, 0.1) is 6.61 Å². The molecule has 0 heterocycles. The van der Waals surface area contributed by atoms with Crippen molar-refractivity contribution in [2.45, 2.75) is 19.8 Å². The molecule has 5 nitrogen and oxygen atoms in total. The van der Waals surface area contributed by atoms with Crippen LogP contribution < -0.4 is 5.32 Å². The molecule has 0 atom stereocenters. The fourth-order valence-corrected chi connectivity index (χ4v) is 0.781. The van der Waals surface area contributed by atoms with E-state index < -0.39 is 5.97 Å². The SMILES string of the molecule is CCOC(=O)CCCN/C=C/C(=O)O. The maximum atomic E-state index is 10.8. The van der Waals surface area contributed by atoms with E-state index in [1.54, 1.807) is 6.92 Å². The Kier molecular flexibility index (Phi) is 7.22. The number of carboxylic acids is 1. The Bertz CT molecular complexity index is 213. The van der Waals surface area contributed by atoms with Gasteiger partial charge >= 0.3 is 11.9 Å². The van der Waals surface area contributed by atoms with E-state index in [2.05, 4.69) is 5.32 Å². The molecule has 0 aliphatic heterocycles. The second kappa shape index (κ2) is 8.10. The number of esters is 1. The number of aliphatic carboxylic acids is 1. The van der Waals surface area contributed by atoms with Gasteiger partial charge in [0.15, 0.2) is 0 Å². The third kappa shape index (κ3) is 8.58. The lowest BCUT2D eigenvalue weighted by atomic mass is 10.3. The van der Waals surface area contributed by atoms with Gasteiger partial charge in [-0.3, -0.25) is 4.79 Å². The second-order valence-corrected chi connectivity index (χ2v) is 2.53. The summed E-state index contributed by atoms with van der Waals surface area (Å²) >= 11 is 0. The molecule has 0 saturated carbocycles. The molecule has 14 heavy (non-hydrogen) atoms. The van der Waals surface area contributed by atoms with Crippen molar-refractivity contribution in [3.8, 4) is 0 Å². The number of carbonyl (C=O) groups excluding carboxylic acids is 1. The van der Waals surface area contributed by atoms with Crippen molar-refractivity contribution in [3.05, 3.63) is 12.3 Å². The van der Waals surface area contributed by atoms with Crippen molar-refractivity contribution in [1.82, 2.24) is 5.32 Å². The van der Waals surface area contributed by atoms with Gasteiger partial charge in [-0.25, -0.2) is 4.79 Å². The Morgan fingerprint density at radius 2 is 2.21 bits per heavy atom. The highest BCUT2D eigenvalue weighted by molar-refractivity contribution is 5.79. The lowest BCUT2D eigenvalue weighted by Gasteiger charge is -2.01. The maximum absolute atomic E-state index is 10.8. The van der Waals surface area contributed by atoms with E-state index in [4.69, 9.17) is 9.84 Å². The monoisotopic (exact) mass is 201 g/mol. The van der Waals surface area contributed by atoms with Gasteiger partial charge in [-0.15, -0.1) is 0 Å². The van der Waals surface area contributed by atoms with Crippen LogP contribution in [0.4, 0.5) is 0 Å². The van der Waals surface area contributed by atoms with Crippen LogP contribution in [0, 0.1) is 0 Å². The Hall–Kier alpha value is -1.52. The number of rotatable bonds is 7. The van der Waals surface area contributed by atoms with E-state index in [1.807, 2.05) is 0 Å². The summed E-state index contributed by atoms with van der Waals surface area (Å²) in [5, 5.41) is 11.0. The van der Waals surface area contributed by atoms with E-state index in [9.17, 15) is 9.59 Å². The summed E-state index contributed by atoms with van der Waals surface area (Å²) in [5.41, 5.74) is 0. The lowest BCUT2D eigenvalue weighted by Crippen LogP contribution is -2.11. The zero-order valence-electron chi connectivity index (χ0n) is 8.16. The maximum Gasteiger partial charge on any atom is 0.329 e. The quantitative estimate of drug-likeness (QED) is 0.357. The first-order valence-corrected chi connectivity index (χ1v) is 4.45. The number of hydrogen-bond donors (Lipinski definition) is 2. The van der Waals surface area contributed by atoms with Crippen molar-refractivity contribution < 1.29 is 19.4 Å². The fourth-order valence-electron chi connectivity index (χ4n) is 0.781. The molecule has 0 spiro atoms. The number of hydrogen-bond acceptors (Lipinski definition) is 4. The van der Waals surface area contributed by atoms with Crippen LogP contribution in [0.15, 0.2) is 12.3 Å². The minimum atomic E-state index is -0.997. The molecular formula is C9H15NO4. The van der Waals surface area contributed by atoms with Crippen LogP contribution in [0.25, 0.3) is 0 Å². The normalized spacial score (nSPS) is 10.1. The first-order valence-electron chi connectivity index (χ1n) is 4.45. The Morgan fingerprint density at radius 3 is 2.79 bits per heavy atom. The number of nitrogens with one attached hydrogen (secondary N) is 1. The summed E-state index contributed by atoms with van der Waals surface area (Å²) in [6.07, 6.45) is 3.32. The third-order valence-electron chi connectivity index (χ3n) is 1.35. The number of carbonyl (C=O) groups is 2. The zero-order valence-corrected chi connectivity index (χ0v) is 8.16. The molecule has 5 heteroatoms. The lowest BCUT2D eigenvalue weighted by molar-refractivity contribution is -0.143. The highest BCUT2D eigenvalue weighted by atomic mass is 16.5. The molecule has 0 aromatic carbocycles. The van der Waals surface area contributed by atoms with Crippen LogP contribution in [-0.4, -0.2) is 30.2 Å².